The third-order valence-electron chi connectivity index (χ3n) is 3.33. The van der Waals surface area contributed by atoms with Crippen LogP contribution in [0.4, 0.5) is 5.69 Å². The van der Waals surface area contributed by atoms with Crippen LogP contribution >= 0.6 is 0 Å². The molecule has 0 radical (unpaired) electrons. The number of carbonyl (C=O) groups is 2. The Morgan fingerprint density at radius 2 is 2.14 bits per heavy atom. The van der Waals surface area contributed by atoms with E-state index < -0.39 is 11.9 Å². The molecule has 1 heterocycles. The molecule has 1 aromatic carbocycles. The highest BCUT2D eigenvalue weighted by Gasteiger charge is 2.28. The van der Waals surface area contributed by atoms with E-state index in [0.717, 1.165) is 0 Å². The first-order valence-electron chi connectivity index (χ1n) is 6.64. The van der Waals surface area contributed by atoms with Crippen molar-refractivity contribution in [1.29, 1.82) is 5.26 Å². The highest BCUT2D eigenvalue weighted by molar-refractivity contribution is 5.92. The minimum Gasteiger partial charge on any atom is -0.368 e. The van der Waals surface area contributed by atoms with E-state index in [1.165, 1.54) is 0 Å². The molecule has 1 aliphatic rings. The van der Waals surface area contributed by atoms with Gasteiger partial charge >= 0.3 is 0 Å². The molecule has 1 aromatic rings. The predicted molar refractivity (Wildman–Crippen MR) is 77.2 cm³/mol. The van der Waals surface area contributed by atoms with Crippen molar-refractivity contribution >= 4 is 17.5 Å². The molecule has 0 bridgehead atoms. The Labute approximate surface area is 122 Å². The largest absolute Gasteiger partial charge is 0.368 e. The molecule has 7 heteroatoms. The topological polar surface area (TPSA) is 111 Å². The van der Waals surface area contributed by atoms with Gasteiger partial charge in [-0.25, -0.2) is 0 Å². The van der Waals surface area contributed by atoms with E-state index in [0.29, 0.717) is 30.9 Å². The van der Waals surface area contributed by atoms with Gasteiger partial charge in [0.25, 0.3) is 0 Å². The second-order valence-electron chi connectivity index (χ2n) is 4.83. The lowest BCUT2D eigenvalue weighted by atomic mass is 10.2. The number of nitriles is 1. The van der Waals surface area contributed by atoms with Gasteiger partial charge in [0, 0.05) is 25.3 Å². The van der Waals surface area contributed by atoms with Gasteiger partial charge in [0.05, 0.1) is 18.2 Å². The molecule has 1 unspecified atom stereocenters. The summed E-state index contributed by atoms with van der Waals surface area (Å²) in [6.45, 7) is 1.87. The lowest BCUT2D eigenvalue weighted by molar-refractivity contribution is -0.125. The second-order valence-corrected chi connectivity index (χ2v) is 4.83. The number of piperazine rings is 1. The van der Waals surface area contributed by atoms with Crippen molar-refractivity contribution in [2.45, 2.75) is 6.04 Å². The lowest BCUT2D eigenvalue weighted by Gasteiger charge is -2.33. The number of nitrogens with zero attached hydrogens (tertiary/aromatic N) is 2. The van der Waals surface area contributed by atoms with Crippen LogP contribution in [0.3, 0.4) is 0 Å². The first kappa shape index (κ1) is 15.0. The zero-order chi connectivity index (χ0) is 15.2. The van der Waals surface area contributed by atoms with Crippen molar-refractivity contribution < 1.29 is 9.59 Å². The standard InChI is InChI=1S/C14H17N5O2/c15-7-10-1-3-11(4-2-10)18-13(20)9-19-6-5-17-8-12(19)14(16)21/h1-4,12,17H,5-6,8-9H2,(H2,16,21)(H,18,20). The van der Waals surface area contributed by atoms with Gasteiger partial charge in [-0.1, -0.05) is 0 Å². The van der Waals surface area contributed by atoms with Crippen molar-refractivity contribution in [2.75, 3.05) is 31.5 Å². The molecule has 2 amide bonds. The number of nitrogens with one attached hydrogen (secondary N) is 2. The van der Waals surface area contributed by atoms with Crippen LogP contribution in [0.5, 0.6) is 0 Å². The molecule has 0 saturated carbocycles. The van der Waals surface area contributed by atoms with Crippen molar-refractivity contribution in [3.63, 3.8) is 0 Å². The maximum atomic E-state index is 12.0. The summed E-state index contributed by atoms with van der Waals surface area (Å²) in [6.07, 6.45) is 0. The molecule has 0 aliphatic carbocycles. The second kappa shape index (κ2) is 6.83. The van der Waals surface area contributed by atoms with Crippen LogP contribution in [0.25, 0.3) is 0 Å². The molecular weight excluding hydrogens is 270 g/mol. The average Bonchev–Trinajstić information content (AvgIpc) is 2.48. The van der Waals surface area contributed by atoms with Gasteiger partial charge in [-0.15, -0.1) is 0 Å². The van der Waals surface area contributed by atoms with E-state index in [2.05, 4.69) is 10.6 Å². The summed E-state index contributed by atoms with van der Waals surface area (Å²) >= 11 is 0. The number of primary amides is 1. The smallest absolute Gasteiger partial charge is 0.238 e. The minimum absolute atomic E-state index is 0.106. The summed E-state index contributed by atoms with van der Waals surface area (Å²) in [5, 5.41) is 14.5. The van der Waals surface area contributed by atoms with Crippen LogP contribution in [-0.4, -0.2) is 48.9 Å². The van der Waals surface area contributed by atoms with Crippen molar-refractivity contribution in [1.82, 2.24) is 10.2 Å². The molecule has 2 rings (SSSR count). The molecule has 110 valence electrons. The molecule has 4 N–H and O–H groups in total. The molecule has 7 nitrogen and oxygen atoms in total. The number of nitrogens with two attached hydrogens (primary N) is 1. The summed E-state index contributed by atoms with van der Waals surface area (Å²) in [7, 11) is 0. The molecule has 1 atom stereocenters. The number of anilines is 1. The zero-order valence-electron chi connectivity index (χ0n) is 11.5. The molecule has 0 spiro atoms. The number of benzene rings is 1. The van der Waals surface area contributed by atoms with E-state index in [1.807, 2.05) is 6.07 Å². The summed E-state index contributed by atoms with van der Waals surface area (Å²) < 4.78 is 0. The Morgan fingerprint density at radius 3 is 2.76 bits per heavy atom. The maximum absolute atomic E-state index is 12.0. The van der Waals surface area contributed by atoms with E-state index in [-0.39, 0.29) is 12.5 Å². The summed E-state index contributed by atoms with van der Waals surface area (Å²) in [5.41, 5.74) is 6.48. The fourth-order valence-electron chi connectivity index (χ4n) is 2.23. The first-order chi connectivity index (χ1) is 10.1. The predicted octanol–water partition coefficient (Wildman–Crippen LogP) is -0.744. The normalized spacial score (nSPS) is 18.7. The first-order valence-corrected chi connectivity index (χ1v) is 6.64. The third kappa shape index (κ3) is 4.02. The Hall–Kier alpha value is -2.43. The fraction of sp³-hybridized carbons (Fsp3) is 0.357. The molecule has 1 fully saturated rings. The van der Waals surface area contributed by atoms with Gasteiger partial charge in [-0.05, 0) is 24.3 Å². The van der Waals surface area contributed by atoms with E-state index in [1.54, 1.807) is 29.2 Å². The fourth-order valence-corrected chi connectivity index (χ4v) is 2.23. The van der Waals surface area contributed by atoms with E-state index in [9.17, 15) is 9.59 Å². The Balaban J connectivity index is 1.93. The van der Waals surface area contributed by atoms with Gasteiger partial charge in [0.15, 0.2) is 0 Å². The summed E-state index contributed by atoms with van der Waals surface area (Å²) in [6, 6.07) is 8.14. The maximum Gasteiger partial charge on any atom is 0.238 e. The van der Waals surface area contributed by atoms with E-state index >= 15 is 0 Å². The van der Waals surface area contributed by atoms with Crippen LogP contribution in [0.15, 0.2) is 24.3 Å². The van der Waals surface area contributed by atoms with E-state index in [4.69, 9.17) is 11.0 Å². The lowest BCUT2D eigenvalue weighted by Crippen LogP contribution is -2.58. The summed E-state index contributed by atoms with van der Waals surface area (Å²) in [4.78, 5) is 25.1. The van der Waals surface area contributed by atoms with Crippen LogP contribution in [0.2, 0.25) is 0 Å². The van der Waals surface area contributed by atoms with Gasteiger partial charge < -0.3 is 16.4 Å². The highest BCUT2D eigenvalue weighted by atomic mass is 16.2. The molecule has 0 aromatic heterocycles. The van der Waals surface area contributed by atoms with Crippen LogP contribution in [0.1, 0.15) is 5.56 Å². The minimum atomic E-state index is -0.467. The quantitative estimate of drug-likeness (QED) is 0.675. The SMILES string of the molecule is N#Cc1ccc(NC(=O)CN2CCNCC2C(N)=O)cc1. The molecule has 1 aliphatic heterocycles. The number of rotatable bonds is 4. The van der Waals surface area contributed by atoms with Gasteiger partial charge in [0.1, 0.15) is 6.04 Å². The molecular formula is C14H17N5O2. The van der Waals surface area contributed by atoms with Crippen LogP contribution < -0.4 is 16.4 Å². The van der Waals surface area contributed by atoms with Crippen molar-refractivity contribution in [3.8, 4) is 6.07 Å². The Bertz CT molecular complexity index is 564. The number of carbonyl (C=O) groups excluding carboxylic acids is 2. The Kier molecular flexibility index (Phi) is 4.87. The van der Waals surface area contributed by atoms with Crippen LogP contribution in [-0.2, 0) is 9.59 Å². The summed E-state index contributed by atoms with van der Waals surface area (Å²) in [5.74, 6) is -0.652. The van der Waals surface area contributed by atoms with Gasteiger partial charge in [0.2, 0.25) is 11.8 Å². The van der Waals surface area contributed by atoms with Crippen LogP contribution in [0, 0.1) is 11.3 Å². The number of amides is 2. The van der Waals surface area contributed by atoms with Crippen molar-refractivity contribution in [2.24, 2.45) is 5.73 Å². The number of hydrogen-bond donors (Lipinski definition) is 3. The average molecular weight is 287 g/mol. The third-order valence-corrected chi connectivity index (χ3v) is 3.33. The molecule has 21 heavy (non-hydrogen) atoms. The molecule has 1 saturated heterocycles. The highest BCUT2D eigenvalue weighted by Crippen LogP contribution is 2.09. The Morgan fingerprint density at radius 1 is 1.43 bits per heavy atom. The van der Waals surface area contributed by atoms with Gasteiger partial charge in [-0.2, -0.15) is 5.26 Å². The van der Waals surface area contributed by atoms with Gasteiger partial charge in [-0.3, -0.25) is 14.5 Å². The monoisotopic (exact) mass is 287 g/mol. The zero-order valence-corrected chi connectivity index (χ0v) is 11.5. The number of hydrogen-bond acceptors (Lipinski definition) is 5. The van der Waals surface area contributed by atoms with Crippen molar-refractivity contribution in [3.05, 3.63) is 29.8 Å².